The van der Waals surface area contributed by atoms with Gasteiger partial charge in [-0.15, -0.1) is 0 Å². The number of benzene rings is 3. The molecule has 0 unspecified atom stereocenters. The van der Waals surface area contributed by atoms with Crippen molar-refractivity contribution in [3.63, 3.8) is 0 Å². The van der Waals surface area contributed by atoms with Gasteiger partial charge in [-0.3, -0.25) is 0 Å². The molecule has 2 heteroatoms. The Labute approximate surface area is 172 Å². The van der Waals surface area contributed by atoms with Crippen molar-refractivity contribution < 1.29 is 0 Å². The molecule has 0 spiro atoms. The molecule has 1 aliphatic rings. The molecule has 3 aromatic rings. The predicted octanol–water partition coefficient (Wildman–Crippen LogP) is 5.79. The van der Waals surface area contributed by atoms with Gasteiger partial charge in [-0.2, -0.15) is 0 Å². The minimum Gasteiger partial charge on any atom is -0.0650 e. The van der Waals surface area contributed by atoms with Crippen LogP contribution in [0.2, 0.25) is 26.2 Å². The van der Waals surface area contributed by atoms with Crippen LogP contribution in [0, 0.1) is 13.8 Å². The molecule has 0 aliphatic carbocycles. The summed E-state index contributed by atoms with van der Waals surface area (Å²) in [6, 6.07) is 27.9. The molecule has 144 valence electrons. The molecule has 28 heavy (non-hydrogen) atoms. The minimum absolute atomic E-state index is 0.618. The molecular weight excluding hydrogens is 368 g/mol. The standard InChI is InChI=1S/C26H32Si2/c1-19-17-23-24(18-20(19)2)28(5,6)26(22-15-11-8-12-16-22)25(27(23,3)4)21-13-9-7-10-14-21/h7-18,25-26H,1-6H3/t25-,26-/m1/s1. The Morgan fingerprint density at radius 2 is 0.857 bits per heavy atom. The molecule has 1 heterocycles. The Kier molecular flexibility index (Phi) is 4.75. The Hall–Kier alpha value is -1.91. The van der Waals surface area contributed by atoms with Crippen LogP contribution < -0.4 is 10.4 Å². The van der Waals surface area contributed by atoms with Crippen molar-refractivity contribution >= 4 is 26.5 Å². The highest BCUT2D eigenvalue weighted by Gasteiger charge is 2.54. The van der Waals surface area contributed by atoms with Gasteiger partial charge in [0.1, 0.15) is 0 Å². The van der Waals surface area contributed by atoms with E-state index in [4.69, 9.17) is 0 Å². The predicted molar refractivity (Wildman–Crippen MR) is 129 cm³/mol. The summed E-state index contributed by atoms with van der Waals surface area (Å²) >= 11 is 0. The Balaban J connectivity index is 2.06. The van der Waals surface area contributed by atoms with Crippen molar-refractivity contribution in [2.75, 3.05) is 0 Å². The van der Waals surface area contributed by atoms with Gasteiger partial charge in [-0.1, -0.05) is 109 Å². The zero-order valence-corrected chi connectivity index (χ0v) is 20.1. The SMILES string of the molecule is Cc1cc2c(cc1C)[Si](C)(C)[C@H](c1ccccc1)[C@@H](c1ccccc1)[Si]2(C)C. The summed E-state index contributed by atoms with van der Waals surface area (Å²) in [7, 11) is -3.47. The third-order valence-corrected chi connectivity index (χ3v) is 15.9. The van der Waals surface area contributed by atoms with Crippen molar-refractivity contribution in [3.8, 4) is 0 Å². The third-order valence-electron chi connectivity index (χ3n) is 7.23. The van der Waals surface area contributed by atoms with E-state index < -0.39 is 16.1 Å². The monoisotopic (exact) mass is 400 g/mol. The first kappa shape index (κ1) is 19.4. The molecule has 3 aromatic carbocycles. The molecule has 0 amide bonds. The molecule has 1 aliphatic heterocycles. The largest absolute Gasteiger partial charge is 0.0881 e. The van der Waals surface area contributed by atoms with Gasteiger partial charge in [0.2, 0.25) is 0 Å². The van der Waals surface area contributed by atoms with E-state index in [-0.39, 0.29) is 0 Å². The van der Waals surface area contributed by atoms with E-state index in [9.17, 15) is 0 Å². The van der Waals surface area contributed by atoms with Crippen molar-refractivity contribution in [1.82, 2.24) is 0 Å². The van der Waals surface area contributed by atoms with Crippen LogP contribution in [0.1, 0.15) is 33.3 Å². The van der Waals surface area contributed by atoms with Crippen molar-refractivity contribution in [3.05, 3.63) is 95.1 Å². The van der Waals surface area contributed by atoms with Gasteiger partial charge in [0.15, 0.2) is 0 Å². The highest BCUT2D eigenvalue weighted by atomic mass is 28.3. The number of hydrogen-bond donors (Lipinski definition) is 0. The molecule has 0 nitrogen and oxygen atoms in total. The van der Waals surface area contributed by atoms with Gasteiger partial charge in [0, 0.05) is 0 Å². The first-order valence-electron chi connectivity index (χ1n) is 10.5. The first-order valence-corrected chi connectivity index (χ1v) is 16.6. The van der Waals surface area contributed by atoms with E-state index in [2.05, 4.69) is 113 Å². The van der Waals surface area contributed by atoms with Gasteiger partial charge < -0.3 is 0 Å². The van der Waals surface area contributed by atoms with Crippen LogP contribution in [0.15, 0.2) is 72.8 Å². The van der Waals surface area contributed by atoms with E-state index in [1.807, 2.05) is 0 Å². The Bertz CT molecular complexity index is 905. The fourth-order valence-corrected chi connectivity index (χ4v) is 17.5. The zero-order chi connectivity index (χ0) is 20.1. The van der Waals surface area contributed by atoms with Crippen LogP contribution in [0.25, 0.3) is 0 Å². The molecule has 0 saturated heterocycles. The van der Waals surface area contributed by atoms with Crippen LogP contribution >= 0.6 is 0 Å². The van der Waals surface area contributed by atoms with Crippen LogP contribution in [0.3, 0.4) is 0 Å². The third kappa shape index (κ3) is 2.94. The van der Waals surface area contributed by atoms with Crippen molar-refractivity contribution in [2.24, 2.45) is 0 Å². The Morgan fingerprint density at radius 1 is 0.536 bits per heavy atom. The summed E-state index contributed by atoms with van der Waals surface area (Å²) in [6.07, 6.45) is 0. The van der Waals surface area contributed by atoms with E-state index in [1.54, 1.807) is 10.4 Å². The molecule has 0 fully saturated rings. The number of aryl methyl sites for hydroxylation is 2. The highest BCUT2D eigenvalue weighted by Crippen LogP contribution is 2.47. The second-order valence-corrected chi connectivity index (χ2v) is 18.9. The smallest absolute Gasteiger partial charge is 0.0650 e. The summed E-state index contributed by atoms with van der Waals surface area (Å²) < 4.78 is 0. The maximum atomic E-state index is 2.61. The van der Waals surface area contributed by atoms with Crippen LogP contribution in [0.4, 0.5) is 0 Å². The molecule has 0 aromatic heterocycles. The fraction of sp³-hybridized carbons (Fsp3) is 0.308. The molecule has 0 radical (unpaired) electrons. The fourth-order valence-electron chi connectivity index (χ4n) is 5.59. The maximum Gasteiger partial charge on any atom is 0.0881 e. The lowest BCUT2D eigenvalue weighted by Gasteiger charge is -2.52. The summed E-state index contributed by atoms with van der Waals surface area (Å²) in [6.45, 7) is 15.0. The summed E-state index contributed by atoms with van der Waals surface area (Å²) in [5.41, 5.74) is 7.22. The molecule has 0 saturated carbocycles. The average Bonchev–Trinajstić information content (AvgIpc) is 2.67. The number of hydrogen-bond acceptors (Lipinski definition) is 0. The van der Waals surface area contributed by atoms with Crippen molar-refractivity contribution in [1.29, 1.82) is 0 Å². The lowest BCUT2D eigenvalue weighted by molar-refractivity contribution is 0.812. The minimum atomic E-state index is -1.74. The quantitative estimate of drug-likeness (QED) is 0.477. The lowest BCUT2D eigenvalue weighted by atomic mass is 10.0. The molecule has 2 atom stereocenters. The van der Waals surface area contributed by atoms with E-state index in [1.165, 1.54) is 22.3 Å². The van der Waals surface area contributed by atoms with Crippen LogP contribution in [-0.2, 0) is 0 Å². The summed E-state index contributed by atoms with van der Waals surface area (Å²) in [5.74, 6) is 0. The van der Waals surface area contributed by atoms with E-state index in [0.717, 1.165) is 0 Å². The van der Waals surface area contributed by atoms with Crippen LogP contribution in [-0.4, -0.2) is 16.1 Å². The topological polar surface area (TPSA) is 0 Å². The molecule has 4 rings (SSSR count). The second-order valence-electron chi connectivity index (χ2n) is 9.70. The van der Waals surface area contributed by atoms with Crippen molar-refractivity contribution in [2.45, 2.75) is 51.1 Å². The van der Waals surface area contributed by atoms with Gasteiger partial charge in [0.05, 0.1) is 16.1 Å². The van der Waals surface area contributed by atoms with Crippen LogP contribution in [0.5, 0.6) is 0 Å². The van der Waals surface area contributed by atoms with Gasteiger partial charge in [-0.05, 0) is 47.2 Å². The summed E-state index contributed by atoms with van der Waals surface area (Å²) in [4.78, 5) is 0. The Morgan fingerprint density at radius 3 is 1.18 bits per heavy atom. The van der Waals surface area contributed by atoms with Gasteiger partial charge >= 0.3 is 0 Å². The number of fused-ring (bicyclic) bond motifs is 1. The normalized spacial score (nSPS) is 22.5. The van der Waals surface area contributed by atoms with Gasteiger partial charge in [-0.25, -0.2) is 0 Å². The first-order chi connectivity index (χ1) is 13.2. The molecular formula is C26H32Si2. The lowest BCUT2D eigenvalue weighted by Crippen LogP contribution is -2.71. The van der Waals surface area contributed by atoms with Gasteiger partial charge in [0.25, 0.3) is 0 Å². The average molecular weight is 401 g/mol. The second kappa shape index (κ2) is 6.86. The summed E-state index contributed by atoms with van der Waals surface area (Å²) in [5, 5.41) is 3.43. The molecule has 0 N–H and O–H groups in total. The van der Waals surface area contributed by atoms with E-state index >= 15 is 0 Å². The molecule has 0 bridgehead atoms. The van der Waals surface area contributed by atoms with E-state index in [0.29, 0.717) is 11.1 Å². The number of rotatable bonds is 2. The zero-order valence-electron chi connectivity index (χ0n) is 18.1. The highest BCUT2D eigenvalue weighted by molar-refractivity contribution is 7.04. The maximum absolute atomic E-state index is 2.61.